The summed E-state index contributed by atoms with van der Waals surface area (Å²) in [6, 6.07) is 12.1. The topological polar surface area (TPSA) is 63.6 Å². The molecule has 0 amide bonds. The van der Waals surface area contributed by atoms with Crippen molar-refractivity contribution in [2.24, 2.45) is 4.99 Å². The maximum atomic E-state index is 10.3. The lowest BCUT2D eigenvalue weighted by molar-refractivity contribution is 0.303. The van der Waals surface area contributed by atoms with E-state index in [1.54, 1.807) is 6.21 Å². The van der Waals surface area contributed by atoms with Crippen LogP contribution in [0, 0.1) is 13.8 Å². The number of aliphatic imine (C=N–C) groups is 1. The van der Waals surface area contributed by atoms with Gasteiger partial charge in [0.25, 0.3) is 0 Å². The van der Waals surface area contributed by atoms with Crippen molar-refractivity contribution in [1.29, 1.82) is 0 Å². The largest absolute Gasteiger partial charge is 0.494 e. The summed E-state index contributed by atoms with van der Waals surface area (Å²) in [5.41, 5.74) is 5.95. The van der Waals surface area contributed by atoms with Crippen LogP contribution in [-0.4, -0.2) is 47.4 Å². The van der Waals surface area contributed by atoms with Gasteiger partial charge in [-0.15, -0.1) is 0 Å². The maximum Gasteiger partial charge on any atom is 0.198 e. The Hall–Kier alpha value is -2.79. The first kappa shape index (κ1) is 20.9. The molecule has 0 aliphatic heterocycles. The fourth-order valence-electron chi connectivity index (χ4n) is 3.70. The van der Waals surface area contributed by atoms with E-state index in [0.717, 1.165) is 66.0 Å². The predicted octanol–water partition coefficient (Wildman–Crippen LogP) is 5.38. The average molecular weight is 393 g/mol. The van der Waals surface area contributed by atoms with Crippen molar-refractivity contribution >= 4 is 28.5 Å². The first-order valence-corrected chi connectivity index (χ1v) is 10.4. The van der Waals surface area contributed by atoms with Crippen LogP contribution in [0.3, 0.4) is 0 Å². The zero-order valence-electron chi connectivity index (χ0n) is 17.9. The lowest BCUT2D eigenvalue weighted by Crippen LogP contribution is -2.25. The minimum atomic E-state index is 0.154. The fourth-order valence-corrected chi connectivity index (χ4v) is 3.70. The molecule has 3 N–H and O–H groups in total. The second-order valence-electron chi connectivity index (χ2n) is 7.45. The van der Waals surface area contributed by atoms with Crippen LogP contribution in [0.5, 0.6) is 5.88 Å². The second-order valence-corrected chi connectivity index (χ2v) is 7.45. The van der Waals surface area contributed by atoms with Crippen LogP contribution in [0.4, 0.5) is 11.4 Å². The number of aryl methyl sites for hydroxylation is 2. The highest BCUT2D eigenvalue weighted by Gasteiger charge is 2.10. The molecule has 2 aromatic carbocycles. The van der Waals surface area contributed by atoms with Crippen molar-refractivity contribution < 1.29 is 5.11 Å². The highest BCUT2D eigenvalue weighted by molar-refractivity contribution is 6.04. The minimum absolute atomic E-state index is 0.154. The number of aromatic nitrogens is 1. The summed E-state index contributed by atoms with van der Waals surface area (Å²) in [6.45, 7) is 12.8. The van der Waals surface area contributed by atoms with Crippen molar-refractivity contribution in [2.75, 3.05) is 31.5 Å². The first-order chi connectivity index (χ1) is 14.0. The van der Waals surface area contributed by atoms with Gasteiger partial charge >= 0.3 is 0 Å². The molecule has 0 atom stereocenters. The van der Waals surface area contributed by atoms with Gasteiger partial charge < -0.3 is 20.3 Å². The summed E-state index contributed by atoms with van der Waals surface area (Å²) in [6.07, 6.45) is 2.87. The molecule has 0 saturated heterocycles. The molecule has 0 aliphatic rings. The van der Waals surface area contributed by atoms with Crippen molar-refractivity contribution in [3.8, 4) is 5.88 Å². The quantitative estimate of drug-likeness (QED) is 0.338. The third-order valence-corrected chi connectivity index (χ3v) is 5.46. The number of aromatic amines is 1. The van der Waals surface area contributed by atoms with Crippen molar-refractivity contribution in [3.05, 3.63) is 53.1 Å². The Kier molecular flexibility index (Phi) is 6.94. The number of nitrogens with one attached hydrogen (secondary N) is 2. The third kappa shape index (κ3) is 4.98. The molecule has 0 radical (unpaired) electrons. The van der Waals surface area contributed by atoms with Crippen LogP contribution in [0.15, 0.2) is 41.4 Å². The summed E-state index contributed by atoms with van der Waals surface area (Å²) < 4.78 is 0. The summed E-state index contributed by atoms with van der Waals surface area (Å²) >= 11 is 0. The standard InChI is InChI=1S/C24H32N4O/c1-5-28(6-2)14-8-13-25-21-12-11-19(15-18(21)4)26-16-20-23-17(3)9-7-10-22(23)27-24(20)29/h7,9-12,15-16,25,27,29H,5-6,8,13-14H2,1-4H3. The van der Waals surface area contributed by atoms with Gasteiger partial charge in [-0.2, -0.15) is 0 Å². The molecular formula is C24H32N4O. The number of nitrogens with zero attached hydrogens (tertiary/aromatic N) is 2. The molecule has 0 aliphatic carbocycles. The van der Waals surface area contributed by atoms with E-state index in [0.29, 0.717) is 0 Å². The Bertz CT molecular complexity index is 986. The number of benzene rings is 2. The molecule has 1 aromatic heterocycles. The highest BCUT2D eigenvalue weighted by atomic mass is 16.3. The summed E-state index contributed by atoms with van der Waals surface area (Å²) in [4.78, 5) is 10.1. The Morgan fingerprint density at radius 2 is 1.90 bits per heavy atom. The van der Waals surface area contributed by atoms with Crippen LogP contribution in [0.25, 0.3) is 10.9 Å². The molecule has 29 heavy (non-hydrogen) atoms. The molecule has 0 unspecified atom stereocenters. The van der Waals surface area contributed by atoms with Gasteiger partial charge in [-0.1, -0.05) is 26.0 Å². The number of anilines is 1. The van der Waals surface area contributed by atoms with Crippen molar-refractivity contribution in [1.82, 2.24) is 9.88 Å². The van der Waals surface area contributed by atoms with E-state index in [1.165, 1.54) is 5.56 Å². The summed E-state index contributed by atoms with van der Waals surface area (Å²) in [7, 11) is 0. The molecule has 5 nitrogen and oxygen atoms in total. The van der Waals surface area contributed by atoms with E-state index >= 15 is 0 Å². The molecule has 5 heteroatoms. The van der Waals surface area contributed by atoms with Crippen LogP contribution in [0.2, 0.25) is 0 Å². The molecule has 0 bridgehead atoms. The fraction of sp³-hybridized carbons (Fsp3) is 0.375. The molecule has 3 rings (SSSR count). The van der Waals surface area contributed by atoms with E-state index in [4.69, 9.17) is 0 Å². The van der Waals surface area contributed by atoms with Crippen LogP contribution >= 0.6 is 0 Å². The Morgan fingerprint density at radius 1 is 1.10 bits per heavy atom. The Balaban J connectivity index is 1.67. The smallest absolute Gasteiger partial charge is 0.198 e. The molecule has 0 fully saturated rings. The normalized spacial score (nSPS) is 11.8. The summed E-state index contributed by atoms with van der Waals surface area (Å²) in [5.74, 6) is 0.154. The monoisotopic (exact) mass is 392 g/mol. The first-order valence-electron chi connectivity index (χ1n) is 10.4. The van der Waals surface area contributed by atoms with E-state index in [2.05, 4.69) is 53.1 Å². The van der Waals surface area contributed by atoms with Crippen molar-refractivity contribution in [2.45, 2.75) is 34.1 Å². The average Bonchev–Trinajstić information content (AvgIpc) is 3.04. The third-order valence-electron chi connectivity index (χ3n) is 5.46. The van der Waals surface area contributed by atoms with Crippen LogP contribution in [-0.2, 0) is 0 Å². The molecule has 0 spiro atoms. The zero-order chi connectivity index (χ0) is 20.8. The van der Waals surface area contributed by atoms with Gasteiger partial charge in [0, 0.05) is 29.3 Å². The highest BCUT2D eigenvalue weighted by Crippen LogP contribution is 2.29. The van der Waals surface area contributed by atoms with Gasteiger partial charge in [-0.05, 0) is 75.3 Å². The Labute approximate surface area is 173 Å². The molecule has 3 aromatic rings. The van der Waals surface area contributed by atoms with Gasteiger partial charge in [0.1, 0.15) is 0 Å². The van der Waals surface area contributed by atoms with Gasteiger partial charge in [0.15, 0.2) is 5.88 Å². The minimum Gasteiger partial charge on any atom is -0.494 e. The molecule has 1 heterocycles. The zero-order valence-corrected chi connectivity index (χ0v) is 17.9. The molecular weight excluding hydrogens is 360 g/mol. The van der Waals surface area contributed by atoms with E-state index in [9.17, 15) is 5.11 Å². The second kappa shape index (κ2) is 9.61. The van der Waals surface area contributed by atoms with Gasteiger partial charge in [0.2, 0.25) is 0 Å². The van der Waals surface area contributed by atoms with E-state index in [-0.39, 0.29) is 5.88 Å². The van der Waals surface area contributed by atoms with E-state index < -0.39 is 0 Å². The molecule has 154 valence electrons. The number of rotatable bonds is 9. The number of hydrogen-bond donors (Lipinski definition) is 3. The molecule has 0 saturated carbocycles. The maximum absolute atomic E-state index is 10.3. The van der Waals surface area contributed by atoms with Crippen molar-refractivity contribution in [3.63, 3.8) is 0 Å². The lowest BCUT2D eigenvalue weighted by Gasteiger charge is -2.18. The van der Waals surface area contributed by atoms with Gasteiger partial charge in [0.05, 0.1) is 11.3 Å². The SMILES string of the molecule is CCN(CC)CCCNc1ccc(N=Cc2c(O)[nH]c3cccc(C)c23)cc1C. The number of H-pyrrole nitrogens is 1. The predicted molar refractivity (Wildman–Crippen MR) is 124 cm³/mol. The van der Waals surface area contributed by atoms with Crippen LogP contribution < -0.4 is 5.32 Å². The van der Waals surface area contributed by atoms with E-state index in [1.807, 2.05) is 31.2 Å². The number of hydrogen-bond acceptors (Lipinski definition) is 4. The van der Waals surface area contributed by atoms with Gasteiger partial charge in [-0.25, -0.2) is 0 Å². The van der Waals surface area contributed by atoms with Gasteiger partial charge in [-0.3, -0.25) is 4.99 Å². The van der Waals surface area contributed by atoms with Crippen LogP contribution in [0.1, 0.15) is 37.0 Å². The Morgan fingerprint density at radius 3 is 2.62 bits per heavy atom. The lowest BCUT2D eigenvalue weighted by atomic mass is 10.1. The number of fused-ring (bicyclic) bond motifs is 1. The number of aromatic hydroxyl groups is 1. The summed E-state index contributed by atoms with van der Waals surface area (Å²) in [5, 5.41) is 14.8.